The van der Waals surface area contributed by atoms with E-state index >= 15 is 0 Å². The van der Waals surface area contributed by atoms with Gasteiger partial charge in [0.05, 0.1) is 6.07 Å². The van der Waals surface area contributed by atoms with E-state index in [4.69, 9.17) is 18.5 Å². The molecule has 0 bridgehead atoms. The van der Waals surface area contributed by atoms with Crippen molar-refractivity contribution in [3.63, 3.8) is 0 Å². The highest BCUT2D eigenvalue weighted by molar-refractivity contribution is 6.60. The third kappa shape index (κ3) is 8.70. The van der Waals surface area contributed by atoms with Gasteiger partial charge in [-0.3, -0.25) is 0 Å². The van der Waals surface area contributed by atoms with Gasteiger partial charge in [0.2, 0.25) is 0 Å². The summed E-state index contributed by atoms with van der Waals surface area (Å²) in [5, 5.41) is 8.87. The van der Waals surface area contributed by atoms with Crippen LogP contribution in [0.2, 0.25) is 6.04 Å². The van der Waals surface area contributed by atoms with Crippen LogP contribution in [-0.4, -0.2) is 27.1 Å². The molecule has 0 amide bonds. The molecular formula is C15H31NO3Si. The van der Waals surface area contributed by atoms with Crippen LogP contribution in [0.25, 0.3) is 0 Å². The largest absolute Gasteiger partial charge is 0.501 e. The van der Waals surface area contributed by atoms with E-state index in [1.165, 1.54) is 0 Å². The fourth-order valence-electron chi connectivity index (χ4n) is 2.03. The molecule has 0 aromatic carbocycles. The van der Waals surface area contributed by atoms with Gasteiger partial charge in [0.1, 0.15) is 0 Å². The Morgan fingerprint density at radius 3 is 1.55 bits per heavy atom. The zero-order valence-electron chi connectivity index (χ0n) is 14.1. The first-order valence-corrected chi connectivity index (χ1v) is 9.57. The van der Waals surface area contributed by atoms with Gasteiger partial charge in [-0.05, 0) is 61.3 Å². The summed E-state index contributed by atoms with van der Waals surface area (Å²) < 4.78 is 18.3. The molecule has 0 saturated carbocycles. The first kappa shape index (κ1) is 19.6. The third-order valence-electron chi connectivity index (χ3n) is 2.59. The molecule has 118 valence electrons. The van der Waals surface area contributed by atoms with Gasteiger partial charge in [0.25, 0.3) is 0 Å². The second-order valence-corrected chi connectivity index (χ2v) is 8.68. The van der Waals surface area contributed by atoms with Gasteiger partial charge in [0.15, 0.2) is 0 Å². The fourth-order valence-corrected chi connectivity index (χ4v) is 5.34. The summed E-state index contributed by atoms with van der Waals surface area (Å²) in [5.41, 5.74) is 0. The van der Waals surface area contributed by atoms with Crippen LogP contribution >= 0.6 is 0 Å². The molecule has 5 heteroatoms. The molecule has 0 aliphatic rings. The van der Waals surface area contributed by atoms with Gasteiger partial charge < -0.3 is 13.3 Å². The fraction of sp³-hybridized carbons (Fsp3) is 0.933. The van der Waals surface area contributed by atoms with E-state index < -0.39 is 8.80 Å². The van der Waals surface area contributed by atoms with Crippen LogP contribution in [-0.2, 0) is 13.3 Å². The molecule has 0 saturated heterocycles. The molecule has 0 N–H and O–H groups in total. The first-order valence-electron chi connectivity index (χ1n) is 7.64. The summed E-state index contributed by atoms with van der Waals surface area (Å²) in [7, 11) is -2.67. The van der Waals surface area contributed by atoms with E-state index in [1.807, 2.05) is 48.5 Å². The minimum Gasteiger partial charge on any atom is -0.371 e. The van der Waals surface area contributed by atoms with Crippen molar-refractivity contribution in [1.82, 2.24) is 0 Å². The lowest BCUT2D eigenvalue weighted by Gasteiger charge is -2.34. The Bertz CT molecular complexity index is 273. The maximum Gasteiger partial charge on any atom is 0.501 e. The van der Waals surface area contributed by atoms with Gasteiger partial charge in [0, 0.05) is 30.3 Å². The average Bonchev–Trinajstić information content (AvgIpc) is 2.25. The Balaban J connectivity index is 4.82. The molecule has 0 rings (SSSR count). The maximum absolute atomic E-state index is 8.87. The number of rotatable bonds is 10. The third-order valence-corrected chi connectivity index (χ3v) is 6.04. The molecule has 0 heterocycles. The second kappa shape index (κ2) is 9.51. The number of nitrogens with zero attached hydrogens (tertiary/aromatic N) is 1. The van der Waals surface area contributed by atoms with Gasteiger partial charge in [-0.15, -0.1) is 0 Å². The molecule has 0 aliphatic heterocycles. The summed E-state index contributed by atoms with van der Waals surface area (Å²) in [5.74, 6) is 0.0684. The van der Waals surface area contributed by atoms with E-state index in [2.05, 4.69) is 6.07 Å². The molecule has 0 fully saturated rings. The van der Waals surface area contributed by atoms with Crippen molar-refractivity contribution >= 4 is 8.80 Å². The topological polar surface area (TPSA) is 51.5 Å². The quantitative estimate of drug-likeness (QED) is 0.569. The molecule has 0 spiro atoms. The summed E-state index contributed by atoms with van der Waals surface area (Å²) >= 11 is 0. The molecular weight excluding hydrogens is 270 g/mol. The SMILES string of the molecule is CC(C#N)CCC[Si](OC(C)C)(OC(C)C)OC(C)C. The zero-order chi connectivity index (χ0) is 15.8. The maximum atomic E-state index is 8.87. The van der Waals surface area contributed by atoms with Gasteiger partial charge in [-0.2, -0.15) is 5.26 Å². The predicted octanol–water partition coefficient (Wildman–Crippen LogP) is 4.14. The number of nitriles is 1. The summed E-state index contributed by atoms with van der Waals surface area (Å²) in [6.07, 6.45) is 1.98. The van der Waals surface area contributed by atoms with Crippen molar-refractivity contribution in [2.75, 3.05) is 0 Å². The summed E-state index contributed by atoms with van der Waals surface area (Å²) in [6, 6.07) is 3.04. The molecule has 1 unspecified atom stereocenters. The Hall–Kier alpha value is -0.413. The van der Waals surface area contributed by atoms with Crippen LogP contribution in [0, 0.1) is 17.2 Å². The van der Waals surface area contributed by atoms with E-state index in [0.29, 0.717) is 0 Å². The van der Waals surface area contributed by atoms with E-state index in [-0.39, 0.29) is 24.2 Å². The Labute approximate surface area is 125 Å². The molecule has 0 aromatic heterocycles. The molecule has 0 radical (unpaired) electrons. The lowest BCUT2D eigenvalue weighted by Crippen LogP contribution is -2.50. The Morgan fingerprint density at radius 1 is 0.850 bits per heavy atom. The monoisotopic (exact) mass is 301 g/mol. The molecule has 1 atom stereocenters. The van der Waals surface area contributed by atoms with Crippen molar-refractivity contribution in [3.8, 4) is 6.07 Å². The van der Waals surface area contributed by atoms with Crippen molar-refractivity contribution in [2.24, 2.45) is 5.92 Å². The Morgan fingerprint density at radius 2 is 1.25 bits per heavy atom. The van der Waals surface area contributed by atoms with Crippen molar-refractivity contribution in [2.45, 2.75) is 85.7 Å². The minimum absolute atomic E-state index is 0.0684. The van der Waals surface area contributed by atoms with Crippen molar-refractivity contribution in [3.05, 3.63) is 0 Å². The highest BCUT2D eigenvalue weighted by Gasteiger charge is 2.43. The molecule has 0 aromatic rings. The minimum atomic E-state index is -2.67. The van der Waals surface area contributed by atoms with Crippen molar-refractivity contribution in [1.29, 1.82) is 5.26 Å². The predicted molar refractivity (Wildman–Crippen MR) is 83.2 cm³/mol. The molecule has 20 heavy (non-hydrogen) atoms. The smallest absolute Gasteiger partial charge is 0.371 e. The standard InChI is InChI=1S/C15H31NO3Si/c1-12(2)17-20(18-13(3)4,19-14(5)6)10-8-9-15(7)11-16/h12-15H,8-10H2,1-7H3. The highest BCUT2D eigenvalue weighted by atomic mass is 28.4. The van der Waals surface area contributed by atoms with Crippen molar-refractivity contribution < 1.29 is 13.3 Å². The zero-order valence-corrected chi connectivity index (χ0v) is 15.1. The lowest BCUT2D eigenvalue weighted by molar-refractivity contribution is 0.00272. The van der Waals surface area contributed by atoms with Gasteiger partial charge in [-0.1, -0.05) is 0 Å². The highest BCUT2D eigenvalue weighted by Crippen LogP contribution is 2.25. The normalized spacial score (nSPS) is 14.1. The van der Waals surface area contributed by atoms with Crippen LogP contribution < -0.4 is 0 Å². The van der Waals surface area contributed by atoms with Crippen LogP contribution in [0.3, 0.4) is 0 Å². The number of hydrogen-bond donors (Lipinski definition) is 0. The molecule has 4 nitrogen and oxygen atoms in total. The van der Waals surface area contributed by atoms with Gasteiger partial charge in [-0.25, -0.2) is 0 Å². The first-order chi connectivity index (χ1) is 9.20. The Kier molecular flexibility index (Phi) is 9.31. The summed E-state index contributed by atoms with van der Waals surface area (Å²) in [4.78, 5) is 0. The second-order valence-electron chi connectivity index (χ2n) is 6.11. The average molecular weight is 302 g/mol. The van der Waals surface area contributed by atoms with E-state index in [1.54, 1.807) is 0 Å². The summed E-state index contributed by atoms with van der Waals surface area (Å²) in [6.45, 7) is 14.0. The van der Waals surface area contributed by atoms with E-state index in [0.717, 1.165) is 18.9 Å². The number of hydrogen-bond acceptors (Lipinski definition) is 4. The molecule has 0 aliphatic carbocycles. The lowest BCUT2D eigenvalue weighted by atomic mass is 10.1. The van der Waals surface area contributed by atoms with Gasteiger partial charge >= 0.3 is 8.80 Å². The van der Waals surface area contributed by atoms with Crippen LogP contribution in [0.15, 0.2) is 0 Å². The van der Waals surface area contributed by atoms with E-state index in [9.17, 15) is 0 Å². The van der Waals surface area contributed by atoms with Crippen LogP contribution in [0.5, 0.6) is 0 Å². The van der Waals surface area contributed by atoms with Crippen LogP contribution in [0.4, 0.5) is 0 Å². The van der Waals surface area contributed by atoms with Crippen LogP contribution in [0.1, 0.15) is 61.3 Å².